The molecule has 5 heteroatoms. The van der Waals surface area contributed by atoms with Gasteiger partial charge in [-0.25, -0.2) is 4.68 Å². The third kappa shape index (κ3) is 3.26. The molecule has 0 atom stereocenters. The molecule has 3 rings (SSSR count). The highest BCUT2D eigenvalue weighted by molar-refractivity contribution is 5.78. The van der Waals surface area contributed by atoms with Crippen LogP contribution in [0.1, 0.15) is 5.56 Å². The summed E-state index contributed by atoms with van der Waals surface area (Å²) in [7, 11) is 1.60. The number of rotatable bonds is 4. The van der Waals surface area contributed by atoms with E-state index in [-0.39, 0.29) is 5.57 Å². The van der Waals surface area contributed by atoms with Crippen LogP contribution in [-0.2, 0) is 0 Å². The fourth-order valence-electron chi connectivity index (χ4n) is 2.50. The maximum atomic E-state index is 9.08. The van der Waals surface area contributed by atoms with Crippen LogP contribution in [0.3, 0.4) is 0 Å². The van der Waals surface area contributed by atoms with Crippen LogP contribution in [0.2, 0.25) is 0 Å². The molecule has 1 aromatic heterocycles. The molecule has 0 fully saturated rings. The van der Waals surface area contributed by atoms with Crippen LogP contribution >= 0.6 is 0 Å². The zero-order valence-corrected chi connectivity index (χ0v) is 13.5. The molecule has 0 radical (unpaired) electrons. The summed E-state index contributed by atoms with van der Waals surface area (Å²) in [4.78, 5) is 0. The Balaban J connectivity index is 2.23. The highest BCUT2D eigenvalue weighted by Crippen LogP contribution is 2.32. The van der Waals surface area contributed by atoms with E-state index in [1.807, 2.05) is 66.7 Å². The van der Waals surface area contributed by atoms with E-state index in [2.05, 4.69) is 5.10 Å². The molecule has 0 amide bonds. The topological polar surface area (TPSA) is 74.6 Å². The Morgan fingerprint density at radius 3 is 2.40 bits per heavy atom. The molecule has 0 bridgehead atoms. The summed E-state index contributed by atoms with van der Waals surface area (Å²) >= 11 is 0. The monoisotopic (exact) mass is 326 g/mol. The van der Waals surface area contributed by atoms with Crippen molar-refractivity contribution in [1.29, 1.82) is 10.5 Å². The zero-order valence-electron chi connectivity index (χ0n) is 13.5. The van der Waals surface area contributed by atoms with Gasteiger partial charge in [0.2, 0.25) is 0 Å². The first-order valence-corrected chi connectivity index (χ1v) is 7.57. The van der Waals surface area contributed by atoms with Crippen molar-refractivity contribution >= 4 is 6.08 Å². The van der Waals surface area contributed by atoms with Gasteiger partial charge in [-0.1, -0.05) is 30.3 Å². The van der Waals surface area contributed by atoms with Gasteiger partial charge in [-0.05, 0) is 30.3 Å². The maximum absolute atomic E-state index is 9.08. The second kappa shape index (κ2) is 7.16. The Morgan fingerprint density at radius 2 is 1.72 bits per heavy atom. The molecular weight excluding hydrogens is 312 g/mol. The minimum Gasteiger partial charge on any atom is -0.496 e. The largest absolute Gasteiger partial charge is 0.496 e. The first-order valence-electron chi connectivity index (χ1n) is 7.57. The molecule has 0 saturated heterocycles. The Morgan fingerprint density at radius 1 is 1.04 bits per heavy atom. The summed E-state index contributed by atoms with van der Waals surface area (Å²) in [6, 6.07) is 20.9. The lowest BCUT2D eigenvalue weighted by atomic mass is 10.1. The number of hydrogen-bond acceptors (Lipinski definition) is 4. The Labute approximate surface area is 145 Å². The fourth-order valence-corrected chi connectivity index (χ4v) is 2.50. The lowest BCUT2D eigenvalue weighted by molar-refractivity contribution is 0.416. The van der Waals surface area contributed by atoms with E-state index in [4.69, 9.17) is 15.3 Å². The van der Waals surface area contributed by atoms with Crippen LogP contribution in [0.15, 0.2) is 66.4 Å². The summed E-state index contributed by atoms with van der Waals surface area (Å²) in [6.45, 7) is 0. The minimum absolute atomic E-state index is 0.0174. The van der Waals surface area contributed by atoms with Gasteiger partial charge in [0.1, 0.15) is 29.2 Å². The van der Waals surface area contributed by atoms with E-state index in [0.717, 1.165) is 11.3 Å². The van der Waals surface area contributed by atoms with Crippen molar-refractivity contribution in [2.75, 3.05) is 7.11 Å². The SMILES string of the molecule is COc1ccccc1-c1nn(-c2ccccc2)cc1C=C(C#N)C#N. The number of methoxy groups -OCH3 is 1. The number of allylic oxidation sites excluding steroid dienone is 1. The van der Waals surface area contributed by atoms with Crippen LogP contribution in [0.25, 0.3) is 23.0 Å². The van der Waals surface area contributed by atoms with E-state index in [9.17, 15) is 0 Å². The molecule has 25 heavy (non-hydrogen) atoms. The molecule has 0 saturated carbocycles. The standard InChI is InChI=1S/C20H14N4O/c1-25-19-10-6-5-9-18(19)20-16(11-15(12-21)13-22)14-24(23-20)17-7-3-2-4-8-17/h2-11,14H,1H3. The predicted molar refractivity (Wildman–Crippen MR) is 94.8 cm³/mol. The Bertz CT molecular complexity index is 988. The number of para-hydroxylation sites is 2. The van der Waals surface area contributed by atoms with Crippen LogP contribution in [0.5, 0.6) is 5.75 Å². The zero-order chi connectivity index (χ0) is 17.6. The molecule has 3 aromatic rings. The molecule has 0 aliphatic heterocycles. The summed E-state index contributed by atoms with van der Waals surface area (Å²) < 4.78 is 7.15. The van der Waals surface area contributed by atoms with E-state index in [0.29, 0.717) is 17.0 Å². The smallest absolute Gasteiger partial charge is 0.130 e. The van der Waals surface area contributed by atoms with Gasteiger partial charge < -0.3 is 4.74 Å². The highest BCUT2D eigenvalue weighted by Gasteiger charge is 2.15. The number of nitrogens with zero attached hydrogens (tertiary/aromatic N) is 4. The number of nitriles is 2. The highest BCUT2D eigenvalue weighted by atomic mass is 16.5. The average Bonchev–Trinajstić information content (AvgIpc) is 3.10. The first-order chi connectivity index (χ1) is 12.3. The van der Waals surface area contributed by atoms with Gasteiger partial charge in [-0.15, -0.1) is 0 Å². The lowest BCUT2D eigenvalue weighted by Gasteiger charge is -2.06. The van der Waals surface area contributed by atoms with Crippen molar-refractivity contribution in [3.63, 3.8) is 0 Å². The van der Waals surface area contributed by atoms with Crippen LogP contribution in [0, 0.1) is 22.7 Å². The molecule has 2 aromatic carbocycles. The molecule has 0 N–H and O–H groups in total. The van der Waals surface area contributed by atoms with Crippen molar-refractivity contribution in [3.8, 4) is 34.8 Å². The normalized spacial score (nSPS) is 9.72. The number of benzene rings is 2. The van der Waals surface area contributed by atoms with Crippen LogP contribution < -0.4 is 4.74 Å². The second-order valence-corrected chi connectivity index (χ2v) is 5.20. The summed E-state index contributed by atoms with van der Waals surface area (Å²) in [6.07, 6.45) is 3.33. The molecule has 5 nitrogen and oxygen atoms in total. The first kappa shape index (κ1) is 16.0. The average molecular weight is 326 g/mol. The van der Waals surface area contributed by atoms with E-state index >= 15 is 0 Å². The molecule has 1 heterocycles. The number of hydrogen-bond donors (Lipinski definition) is 0. The van der Waals surface area contributed by atoms with E-state index in [1.54, 1.807) is 18.0 Å². The van der Waals surface area contributed by atoms with E-state index in [1.165, 1.54) is 6.08 Å². The van der Waals surface area contributed by atoms with Crippen molar-refractivity contribution < 1.29 is 4.74 Å². The summed E-state index contributed by atoms with van der Waals surface area (Å²) in [5.41, 5.74) is 3.01. The molecule has 120 valence electrons. The van der Waals surface area contributed by atoms with Gasteiger partial charge in [0.15, 0.2) is 0 Å². The van der Waals surface area contributed by atoms with Gasteiger partial charge in [-0.3, -0.25) is 0 Å². The Hall–Kier alpha value is -3.83. The molecule has 0 aliphatic carbocycles. The van der Waals surface area contributed by atoms with Gasteiger partial charge in [0.05, 0.1) is 12.8 Å². The quantitative estimate of drug-likeness (QED) is 0.680. The second-order valence-electron chi connectivity index (χ2n) is 5.20. The van der Waals surface area contributed by atoms with Crippen molar-refractivity contribution in [1.82, 2.24) is 9.78 Å². The Kier molecular flexibility index (Phi) is 4.60. The van der Waals surface area contributed by atoms with Gasteiger partial charge in [0.25, 0.3) is 0 Å². The van der Waals surface area contributed by atoms with E-state index < -0.39 is 0 Å². The van der Waals surface area contributed by atoms with Gasteiger partial charge in [0, 0.05) is 17.3 Å². The number of ether oxygens (including phenoxy) is 1. The molecule has 0 aliphatic rings. The van der Waals surface area contributed by atoms with Gasteiger partial charge >= 0.3 is 0 Å². The lowest BCUT2D eigenvalue weighted by Crippen LogP contribution is -1.94. The van der Waals surface area contributed by atoms with Crippen molar-refractivity contribution in [2.45, 2.75) is 0 Å². The molecule has 0 unspecified atom stereocenters. The number of aromatic nitrogens is 2. The summed E-state index contributed by atoms with van der Waals surface area (Å²) in [5, 5.41) is 22.8. The maximum Gasteiger partial charge on any atom is 0.130 e. The van der Waals surface area contributed by atoms with Crippen molar-refractivity contribution in [3.05, 3.63) is 71.9 Å². The van der Waals surface area contributed by atoms with Crippen LogP contribution in [0.4, 0.5) is 0 Å². The molecule has 0 spiro atoms. The van der Waals surface area contributed by atoms with Crippen LogP contribution in [-0.4, -0.2) is 16.9 Å². The third-order valence-electron chi connectivity index (χ3n) is 3.67. The third-order valence-corrected chi connectivity index (χ3v) is 3.67. The summed E-state index contributed by atoms with van der Waals surface area (Å²) in [5.74, 6) is 0.672. The predicted octanol–water partition coefficient (Wildman–Crippen LogP) is 3.98. The van der Waals surface area contributed by atoms with Crippen molar-refractivity contribution in [2.24, 2.45) is 0 Å². The minimum atomic E-state index is 0.0174. The van der Waals surface area contributed by atoms with Gasteiger partial charge in [-0.2, -0.15) is 15.6 Å². The fraction of sp³-hybridized carbons (Fsp3) is 0.0500. The molecular formula is C20H14N4O.